The summed E-state index contributed by atoms with van der Waals surface area (Å²) >= 11 is 10.4. The third-order valence-electron chi connectivity index (χ3n) is 0.842. The van der Waals surface area contributed by atoms with E-state index in [0.29, 0.717) is 0 Å². The number of carbonyl (C=O) groups excluding carboxylic acids is 1. The molecule has 1 unspecified atom stereocenters. The first-order chi connectivity index (χ1) is 4.57. The predicted octanol–water partition coefficient (Wildman–Crippen LogP) is 1.69. The molecule has 0 saturated heterocycles. The van der Waals surface area contributed by atoms with Crippen molar-refractivity contribution >= 4 is 29.2 Å². The number of hydrogen-bond donors (Lipinski definition) is 0. The van der Waals surface area contributed by atoms with Crippen LogP contribution in [-0.2, 0) is 9.53 Å². The SMILES string of the molecule is COC(=O)C(F)CC(Cl)Cl. The lowest BCUT2D eigenvalue weighted by atomic mass is 10.3. The van der Waals surface area contributed by atoms with Crippen LogP contribution in [0.2, 0.25) is 0 Å². The van der Waals surface area contributed by atoms with Gasteiger partial charge in [-0.05, 0) is 0 Å². The van der Waals surface area contributed by atoms with Crippen LogP contribution >= 0.6 is 23.2 Å². The molecule has 0 aromatic heterocycles. The summed E-state index contributed by atoms with van der Waals surface area (Å²) in [5, 5.41) is 0. The van der Waals surface area contributed by atoms with Gasteiger partial charge in [0, 0.05) is 6.42 Å². The molecule has 0 saturated carbocycles. The maximum absolute atomic E-state index is 12.4. The second-order valence-electron chi connectivity index (χ2n) is 1.62. The molecule has 1 atom stereocenters. The van der Waals surface area contributed by atoms with Crippen molar-refractivity contribution in [1.29, 1.82) is 0 Å². The molecule has 0 aliphatic carbocycles. The van der Waals surface area contributed by atoms with Crippen molar-refractivity contribution in [2.45, 2.75) is 17.4 Å². The molecule has 0 aromatic carbocycles. The molecule has 0 rings (SSSR count). The minimum atomic E-state index is -1.72. The summed E-state index contributed by atoms with van der Waals surface area (Å²) in [5.74, 6) is -0.939. The third-order valence-corrected chi connectivity index (χ3v) is 1.20. The maximum atomic E-state index is 12.4. The summed E-state index contributed by atoms with van der Waals surface area (Å²) < 4.78 is 16.5. The highest BCUT2D eigenvalue weighted by molar-refractivity contribution is 6.44. The molecular formula is C5H7Cl2FO2. The zero-order valence-electron chi connectivity index (χ0n) is 5.31. The van der Waals surface area contributed by atoms with E-state index in [9.17, 15) is 9.18 Å². The topological polar surface area (TPSA) is 26.3 Å². The fourth-order valence-corrected chi connectivity index (χ4v) is 0.693. The molecule has 0 amide bonds. The molecule has 0 aliphatic heterocycles. The maximum Gasteiger partial charge on any atom is 0.340 e. The van der Waals surface area contributed by atoms with E-state index in [2.05, 4.69) is 4.74 Å². The first-order valence-corrected chi connectivity index (χ1v) is 3.45. The average Bonchev–Trinajstić information content (AvgIpc) is 1.85. The molecule has 0 aliphatic rings. The van der Waals surface area contributed by atoms with Gasteiger partial charge in [-0.3, -0.25) is 0 Å². The van der Waals surface area contributed by atoms with E-state index in [1.165, 1.54) is 0 Å². The highest BCUT2D eigenvalue weighted by Gasteiger charge is 2.20. The van der Waals surface area contributed by atoms with Crippen LogP contribution in [0.15, 0.2) is 0 Å². The van der Waals surface area contributed by atoms with Gasteiger partial charge < -0.3 is 4.74 Å². The van der Waals surface area contributed by atoms with E-state index in [0.717, 1.165) is 7.11 Å². The summed E-state index contributed by atoms with van der Waals surface area (Å²) in [6, 6.07) is 0. The second-order valence-corrected chi connectivity index (χ2v) is 2.89. The van der Waals surface area contributed by atoms with Gasteiger partial charge in [0.15, 0.2) is 6.17 Å². The summed E-state index contributed by atoms with van der Waals surface area (Å²) in [6.45, 7) is 0. The fourth-order valence-electron chi connectivity index (χ4n) is 0.381. The van der Waals surface area contributed by atoms with Crippen molar-refractivity contribution in [3.63, 3.8) is 0 Å². The van der Waals surface area contributed by atoms with Crippen molar-refractivity contribution in [1.82, 2.24) is 0 Å². The first-order valence-electron chi connectivity index (χ1n) is 2.58. The lowest BCUT2D eigenvalue weighted by Crippen LogP contribution is -2.19. The first kappa shape index (κ1) is 9.98. The van der Waals surface area contributed by atoms with E-state index in [-0.39, 0.29) is 6.42 Å². The monoisotopic (exact) mass is 188 g/mol. The van der Waals surface area contributed by atoms with Gasteiger partial charge in [-0.25, -0.2) is 9.18 Å². The number of ether oxygens (including phenoxy) is 1. The highest BCUT2D eigenvalue weighted by Crippen LogP contribution is 2.12. The lowest BCUT2D eigenvalue weighted by Gasteiger charge is -2.04. The molecule has 0 N–H and O–H groups in total. The van der Waals surface area contributed by atoms with E-state index in [1.807, 2.05) is 0 Å². The predicted molar refractivity (Wildman–Crippen MR) is 37.0 cm³/mol. The largest absolute Gasteiger partial charge is 0.467 e. The fraction of sp³-hybridized carbons (Fsp3) is 0.800. The van der Waals surface area contributed by atoms with E-state index >= 15 is 0 Å². The van der Waals surface area contributed by atoms with Crippen molar-refractivity contribution in [2.75, 3.05) is 7.11 Å². The number of alkyl halides is 3. The van der Waals surface area contributed by atoms with Crippen molar-refractivity contribution in [3.8, 4) is 0 Å². The Morgan fingerprint density at radius 3 is 2.50 bits per heavy atom. The summed E-state index contributed by atoms with van der Waals surface area (Å²) in [4.78, 5) is 9.47. The molecule has 5 heteroatoms. The molecule has 0 spiro atoms. The van der Waals surface area contributed by atoms with Crippen LogP contribution < -0.4 is 0 Å². The second kappa shape index (κ2) is 4.74. The quantitative estimate of drug-likeness (QED) is 0.498. The highest BCUT2D eigenvalue weighted by atomic mass is 35.5. The minimum Gasteiger partial charge on any atom is -0.467 e. The number of methoxy groups -OCH3 is 1. The van der Waals surface area contributed by atoms with Crippen LogP contribution in [0.25, 0.3) is 0 Å². The Balaban J connectivity index is 3.61. The van der Waals surface area contributed by atoms with Crippen molar-refractivity contribution < 1.29 is 13.9 Å². The van der Waals surface area contributed by atoms with Crippen molar-refractivity contribution in [2.24, 2.45) is 0 Å². The van der Waals surface area contributed by atoms with Gasteiger partial charge in [0.05, 0.1) is 7.11 Å². The Hall–Kier alpha value is -0.0200. The van der Waals surface area contributed by atoms with Gasteiger partial charge in [0.2, 0.25) is 0 Å². The van der Waals surface area contributed by atoms with Crippen LogP contribution in [0.3, 0.4) is 0 Å². The zero-order valence-corrected chi connectivity index (χ0v) is 6.82. The third kappa shape index (κ3) is 3.90. The minimum absolute atomic E-state index is 0.226. The standard InChI is InChI=1S/C5H7Cl2FO2/c1-10-5(9)3(8)2-4(6)7/h3-4H,2H2,1H3. The summed E-state index contributed by atoms with van der Waals surface area (Å²) in [7, 11) is 1.10. The molecule has 0 aromatic rings. The number of halogens is 3. The number of carbonyl (C=O) groups is 1. The zero-order chi connectivity index (χ0) is 8.15. The lowest BCUT2D eigenvalue weighted by molar-refractivity contribution is -0.146. The van der Waals surface area contributed by atoms with Gasteiger partial charge in [0.25, 0.3) is 0 Å². The summed E-state index contributed by atoms with van der Waals surface area (Å²) in [5.41, 5.74) is 0. The van der Waals surface area contributed by atoms with Crippen LogP contribution in [0.1, 0.15) is 6.42 Å². The van der Waals surface area contributed by atoms with Crippen molar-refractivity contribution in [3.05, 3.63) is 0 Å². The molecule has 10 heavy (non-hydrogen) atoms. The van der Waals surface area contributed by atoms with Gasteiger partial charge in [-0.1, -0.05) is 0 Å². The van der Waals surface area contributed by atoms with E-state index in [1.54, 1.807) is 0 Å². The Labute approximate surface area is 68.2 Å². The van der Waals surface area contributed by atoms with Crippen LogP contribution in [-0.4, -0.2) is 24.1 Å². The Bertz CT molecular complexity index is 118. The Morgan fingerprint density at radius 1 is 1.70 bits per heavy atom. The van der Waals surface area contributed by atoms with E-state index in [4.69, 9.17) is 23.2 Å². The normalized spacial score (nSPS) is 13.3. The molecule has 2 nitrogen and oxygen atoms in total. The molecule has 0 heterocycles. The molecule has 0 radical (unpaired) electrons. The van der Waals surface area contributed by atoms with Gasteiger partial charge in [-0.2, -0.15) is 0 Å². The smallest absolute Gasteiger partial charge is 0.340 e. The van der Waals surface area contributed by atoms with Crippen LogP contribution in [0.5, 0.6) is 0 Å². The molecule has 0 fully saturated rings. The number of rotatable bonds is 3. The number of hydrogen-bond acceptors (Lipinski definition) is 2. The van der Waals surface area contributed by atoms with Gasteiger partial charge in [0.1, 0.15) is 4.84 Å². The molecule has 0 bridgehead atoms. The van der Waals surface area contributed by atoms with Gasteiger partial charge >= 0.3 is 5.97 Å². The molecular weight excluding hydrogens is 182 g/mol. The summed E-state index contributed by atoms with van der Waals surface area (Å²) in [6.07, 6.45) is -1.94. The van der Waals surface area contributed by atoms with Crippen LogP contribution in [0, 0.1) is 0 Å². The average molecular weight is 189 g/mol. The number of esters is 1. The van der Waals surface area contributed by atoms with E-state index < -0.39 is 17.0 Å². The Morgan fingerprint density at radius 2 is 2.20 bits per heavy atom. The van der Waals surface area contributed by atoms with Gasteiger partial charge in [-0.15, -0.1) is 23.2 Å². The molecule has 60 valence electrons. The Kier molecular flexibility index (Phi) is 4.73. The van der Waals surface area contributed by atoms with Crippen LogP contribution in [0.4, 0.5) is 4.39 Å².